The van der Waals surface area contributed by atoms with Gasteiger partial charge < -0.3 is 10.2 Å². The molecular weight excluding hydrogens is 188 g/mol. The Morgan fingerprint density at radius 3 is 2.13 bits per heavy atom. The highest BCUT2D eigenvalue weighted by Crippen LogP contribution is 2.29. The summed E-state index contributed by atoms with van der Waals surface area (Å²) in [5.41, 5.74) is 0.793. The highest BCUT2D eigenvalue weighted by molar-refractivity contribution is 5.95. The molecule has 0 aliphatic carbocycles. The standard InChI is InChI=1S/C12H22N2O/c1-11(2,3)9-7-14(12(4,5)6)8-13-10(9)15/h7H,8H2,1-6H3,(H,13,15). The monoisotopic (exact) mass is 210 g/mol. The number of hydrogen-bond acceptors (Lipinski definition) is 2. The van der Waals surface area contributed by atoms with Gasteiger partial charge in [0.05, 0.1) is 6.67 Å². The molecule has 0 aromatic carbocycles. The summed E-state index contributed by atoms with van der Waals surface area (Å²) in [6, 6.07) is 0. The number of carbonyl (C=O) groups is 1. The van der Waals surface area contributed by atoms with Gasteiger partial charge in [-0.2, -0.15) is 0 Å². The van der Waals surface area contributed by atoms with Crippen LogP contribution in [0.3, 0.4) is 0 Å². The number of carbonyl (C=O) groups excluding carboxylic acids is 1. The second kappa shape index (κ2) is 3.54. The molecule has 3 heteroatoms. The highest BCUT2D eigenvalue weighted by atomic mass is 16.2. The van der Waals surface area contributed by atoms with Crippen LogP contribution in [-0.2, 0) is 4.79 Å². The van der Waals surface area contributed by atoms with Crippen LogP contribution in [0.5, 0.6) is 0 Å². The minimum absolute atomic E-state index is 0.0458. The SMILES string of the molecule is CC(C)(C)C1=CN(C(C)(C)C)CNC1=O. The molecule has 86 valence electrons. The molecular formula is C12H22N2O. The maximum atomic E-state index is 11.7. The van der Waals surface area contributed by atoms with Gasteiger partial charge in [-0.05, 0) is 26.2 Å². The van der Waals surface area contributed by atoms with Crippen molar-refractivity contribution in [1.29, 1.82) is 0 Å². The topological polar surface area (TPSA) is 32.3 Å². The summed E-state index contributed by atoms with van der Waals surface area (Å²) < 4.78 is 0. The zero-order chi connectivity index (χ0) is 11.9. The molecule has 1 rings (SSSR count). The Morgan fingerprint density at radius 1 is 1.20 bits per heavy atom. The fourth-order valence-corrected chi connectivity index (χ4v) is 1.48. The quantitative estimate of drug-likeness (QED) is 0.664. The molecule has 0 saturated heterocycles. The molecule has 1 heterocycles. The van der Waals surface area contributed by atoms with E-state index < -0.39 is 0 Å². The van der Waals surface area contributed by atoms with Crippen LogP contribution in [0.15, 0.2) is 11.8 Å². The zero-order valence-corrected chi connectivity index (χ0v) is 10.6. The molecule has 0 spiro atoms. The Bertz CT molecular complexity index is 292. The van der Waals surface area contributed by atoms with E-state index in [2.05, 4.69) is 51.8 Å². The van der Waals surface area contributed by atoms with Crippen LogP contribution in [0.2, 0.25) is 0 Å². The first kappa shape index (κ1) is 12.1. The lowest BCUT2D eigenvalue weighted by molar-refractivity contribution is -0.120. The van der Waals surface area contributed by atoms with Crippen molar-refractivity contribution in [2.45, 2.75) is 47.1 Å². The Hall–Kier alpha value is -0.990. The van der Waals surface area contributed by atoms with Crippen LogP contribution in [-0.4, -0.2) is 23.0 Å². The summed E-state index contributed by atoms with van der Waals surface area (Å²) in [5.74, 6) is 0.0583. The van der Waals surface area contributed by atoms with Gasteiger partial charge in [-0.25, -0.2) is 0 Å². The van der Waals surface area contributed by atoms with Crippen molar-refractivity contribution in [1.82, 2.24) is 10.2 Å². The molecule has 0 bridgehead atoms. The van der Waals surface area contributed by atoms with E-state index in [1.165, 1.54) is 0 Å². The number of hydrogen-bond donors (Lipinski definition) is 1. The van der Waals surface area contributed by atoms with Crippen molar-refractivity contribution >= 4 is 5.91 Å². The predicted octanol–water partition coefficient (Wildman–Crippen LogP) is 2.10. The van der Waals surface area contributed by atoms with Gasteiger partial charge in [-0.3, -0.25) is 4.79 Å². The van der Waals surface area contributed by atoms with Crippen molar-refractivity contribution in [3.63, 3.8) is 0 Å². The fourth-order valence-electron chi connectivity index (χ4n) is 1.48. The number of amides is 1. The van der Waals surface area contributed by atoms with E-state index in [1.807, 2.05) is 6.20 Å². The zero-order valence-electron chi connectivity index (χ0n) is 10.6. The van der Waals surface area contributed by atoms with Crippen molar-refractivity contribution in [2.75, 3.05) is 6.67 Å². The molecule has 1 aliphatic rings. The van der Waals surface area contributed by atoms with Gasteiger partial charge in [0.15, 0.2) is 0 Å². The van der Waals surface area contributed by atoms with Crippen molar-refractivity contribution in [3.8, 4) is 0 Å². The van der Waals surface area contributed by atoms with Gasteiger partial charge in [0, 0.05) is 17.3 Å². The normalized spacial score (nSPS) is 18.7. The predicted molar refractivity (Wildman–Crippen MR) is 62.1 cm³/mol. The Labute approximate surface area is 92.5 Å². The molecule has 0 aromatic heterocycles. The summed E-state index contributed by atoms with van der Waals surface area (Å²) in [6.45, 7) is 13.2. The molecule has 0 unspecified atom stereocenters. The lowest BCUT2D eigenvalue weighted by Gasteiger charge is -2.40. The third kappa shape index (κ3) is 2.74. The summed E-state index contributed by atoms with van der Waals surface area (Å²) >= 11 is 0. The van der Waals surface area contributed by atoms with Gasteiger partial charge in [-0.15, -0.1) is 0 Å². The van der Waals surface area contributed by atoms with E-state index in [4.69, 9.17) is 0 Å². The molecule has 15 heavy (non-hydrogen) atoms. The number of nitrogens with one attached hydrogen (secondary N) is 1. The van der Waals surface area contributed by atoms with Gasteiger partial charge >= 0.3 is 0 Å². The van der Waals surface area contributed by atoms with Crippen LogP contribution in [0.4, 0.5) is 0 Å². The fraction of sp³-hybridized carbons (Fsp3) is 0.750. The van der Waals surface area contributed by atoms with Crippen molar-refractivity contribution in [2.24, 2.45) is 5.41 Å². The molecule has 0 saturated carbocycles. The average Bonchev–Trinajstić information content (AvgIpc) is 2.00. The first-order chi connectivity index (χ1) is 6.62. The number of nitrogens with zero attached hydrogens (tertiary/aromatic N) is 1. The molecule has 3 nitrogen and oxygen atoms in total. The van der Waals surface area contributed by atoms with E-state index in [0.29, 0.717) is 6.67 Å². The maximum absolute atomic E-state index is 11.7. The summed E-state index contributed by atoms with van der Waals surface area (Å²) in [6.07, 6.45) is 2.00. The first-order valence-electron chi connectivity index (χ1n) is 5.39. The summed E-state index contributed by atoms with van der Waals surface area (Å²) in [5, 5.41) is 2.91. The van der Waals surface area contributed by atoms with E-state index in [0.717, 1.165) is 5.57 Å². The molecule has 1 N–H and O–H groups in total. The highest BCUT2D eigenvalue weighted by Gasteiger charge is 2.30. The third-order valence-electron chi connectivity index (χ3n) is 2.61. The lowest BCUT2D eigenvalue weighted by Crippen LogP contribution is -2.50. The number of rotatable bonds is 0. The summed E-state index contributed by atoms with van der Waals surface area (Å²) in [7, 11) is 0. The van der Waals surface area contributed by atoms with E-state index in [9.17, 15) is 4.79 Å². The second-order valence-corrected chi connectivity index (χ2v) is 6.10. The molecule has 0 aromatic rings. The largest absolute Gasteiger partial charge is 0.355 e. The van der Waals surface area contributed by atoms with Gasteiger partial charge in [0.1, 0.15) is 0 Å². The molecule has 1 amide bonds. The van der Waals surface area contributed by atoms with E-state index in [1.54, 1.807) is 0 Å². The first-order valence-corrected chi connectivity index (χ1v) is 5.39. The molecule has 1 aliphatic heterocycles. The van der Waals surface area contributed by atoms with Crippen LogP contribution >= 0.6 is 0 Å². The van der Waals surface area contributed by atoms with Crippen LogP contribution < -0.4 is 5.32 Å². The maximum Gasteiger partial charge on any atom is 0.250 e. The Morgan fingerprint density at radius 2 is 1.73 bits per heavy atom. The van der Waals surface area contributed by atoms with Gasteiger partial charge in [-0.1, -0.05) is 20.8 Å². The van der Waals surface area contributed by atoms with Crippen molar-refractivity contribution < 1.29 is 4.79 Å². The van der Waals surface area contributed by atoms with Gasteiger partial charge in [0.25, 0.3) is 5.91 Å². The molecule has 0 radical (unpaired) electrons. The van der Waals surface area contributed by atoms with E-state index in [-0.39, 0.29) is 16.9 Å². The minimum Gasteiger partial charge on any atom is -0.355 e. The third-order valence-corrected chi connectivity index (χ3v) is 2.61. The smallest absolute Gasteiger partial charge is 0.250 e. The Balaban J connectivity index is 3.02. The summed E-state index contributed by atoms with van der Waals surface area (Å²) in [4.78, 5) is 13.9. The van der Waals surface area contributed by atoms with Crippen molar-refractivity contribution in [3.05, 3.63) is 11.8 Å². The minimum atomic E-state index is -0.103. The average molecular weight is 210 g/mol. The van der Waals surface area contributed by atoms with E-state index >= 15 is 0 Å². The lowest BCUT2D eigenvalue weighted by atomic mass is 9.85. The molecule has 0 atom stereocenters. The van der Waals surface area contributed by atoms with Crippen LogP contribution in [0.25, 0.3) is 0 Å². The second-order valence-electron chi connectivity index (χ2n) is 6.10. The van der Waals surface area contributed by atoms with Gasteiger partial charge in [0.2, 0.25) is 0 Å². The molecule has 0 fully saturated rings. The van der Waals surface area contributed by atoms with Crippen LogP contribution in [0, 0.1) is 5.41 Å². The van der Waals surface area contributed by atoms with Crippen LogP contribution in [0.1, 0.15) is 41.5 Å². The Kier molecular flexibility index (Phi) is 2.85.